The van der Waals surface area contributed by atoms with Gasteiger partial charge in [-0.1, -0.05) is 6.92 Å². The van der Waals surface area contributed by atoms with Crippen LogP contribution in [-0.4, -0.2) is 61.2 Å². The number of likely N-dealkylation sites (N-methyl/N-ethyl adjacent to an activating group) is 1. The molecular formula is C22H32N6. The molecule has 0 bridgehead atoms. The van der Waals surface area contributed by atoms with Gasteiger partial charge >= 0.3 is 0 Å². The molecule has 1 aromatic heterocycles. The van der Waals surface area contributed by atoms with Gasteiger partial charge in [-0.15, -0.1) is 0 Å². The van der Waals surface area contributed by atoms with Gasteiger partial charge in [0.25, 0.3) is 0 Å². The van der Waals surface area contributed by atoms with Crippen molar-refractivity contribution >= 4 is 23.1 Å². The van der Waals surface area contributed by atoms with E-state index in [1.165, 1.54) is 18.5 Å². The molecule has 0 aliphatic carbocycles. The van der Waals surface area contributed by atoms with Crippen LogP contribution >= 0.6 is 0 Å². The first-order valence-electron chi connectivity index (χ1n) is 10.5. The number of piperidine rings is 1. The first-order valence-corrected chi connectivity index (χ1v) is 10.5. The molecule has 0 saturated carbocycles. The first-order chi connectivity index (χ1) is 13.6. The fourth-order valence-electron chi connectivity index (χ4n) is 3.96. The quantitative estimate of drug-likeness (QED) is 0.876. The van der Waals surface area contributed by atoms with Gasteiger partial charge in [-0.25, -0.2) is 4.98 Å². The molecule has 2 fully saturated rings. The van der Waals surface area contributed by atoms with E-state index in [4.69, 9.17) is 4.98 Å². The Hall–Kier alpha value is -2.34. The van der Waals surface area contributed by atoms with Crippen LogP contribution in [0.1, 0.15) is 25.5 Å². The summed E-state index contributed by atoms with van der Waals surface area (Å²) in [5, 5.41) is 3.39. The number of benzene rings is 1. The average molecular weight is 381 g/mol. The molecule has 0 unspecified atom stereocenters. The van der Waals surface area contributed by atoms with Crippen molar-refractivity contribution in [1.82, 2.24) is 14.9 Å². The number of aromatic nitrogens is 2. The molecule has 1 N–H and O–H groups in total. The monoisotopic (exact) mass is 380 g/mol. The number of hydrogen-bond acceptors (Lipinski definition) is 6. The molecule has 2 saturated heterocycles. The third kappa shape index (κ3) is 4.55. The lowest BCUT2D eigenvalue weighted by molar-refractivity contribution is 0.313. The largest absolute Gasteiger partial charge is 0.369 e. The van der Waals surface area contributed by atoms with Gasteiger partial charge in [0, 0.05) is 62.4 Å². The lowest BCUT2D eigenvalue weighted by Gasteiger charge is -2.34. The molecule has 2 aromatic rings. The van der Waals surface area contributed by atoms with Crippen LogP contribution in [-0.2, 0) is 0 Å². The SMILES string of the molecule is Cc1cc(N2CCC(C)CC2)nc(Nc2ccc(N3CCN(C)CC3)cc2)n1. The number of piperazine rings is 1. The molecule has 0 radical (unpaired) electrons. The van der Waals surface area contributed by atoms with Crippen molar-refractivity contribution in [1.29, 1.82) is 0 Å². The third-order valence-electron chi connectivity index (χ3n) is 5.94. The van der Waals surface area contributed by atoms with E-state index in [1.54, 1.807) is 0 Å². The van der Waals surface area contributed by atoms with Gasteiger partial charge in [0.2, 0.25) is 5.95 Å². The van der Waals surface area contributed by atoms with Gasteiger partial charge in [-0.3, -0.25) is 0 Å². The lowest BCUT2D eigenvalue weighted by Crippen LogP contribution is -2.44. The molecule has 6 heteroatoms. The molecule has 3 heterocycles. The van der Waals surface area contributed by atoms with Gasteiger partial charge in [-0.05, 0) is 57.0 Å². The highest BCUT2D eigenvalue weighted by Crippen LogP contribution is 2.25. The van der Waals surface area contributed by atoms with Crippen LogP contribution in [0.4, 0.5) is 23.1 Å². The summed E-state index contributed by atoms with van der Waals surface area (Å²) in [5.41, 5.74) is 3.31. The molecule has 0 amide bonds. The summed E-state index contributed by atoms with van der Waals surface area (Å²) < 4.78 is 0. The van der Waals surface area contributed by atoms with Gasteiger partial charge < -0.3 is 20.0 Å². The second kappa shape index (κ2) is 8.35. The summed E-state index contributed by atoms with van der Waals surface area (Å²) in [6.07, 6.45) is 2.47. The van der Waals surface area contributed by atoms with Crippen molar-refractivity contribution in [2.75, 3.05) is 61.4 Å². The number of hydrogen-bond donors (Lipinski definition) is 1. The van der Waals surface area contributed by atoms with Crippen LogP contribution in [0, 0.1) is 12.8 Å². The molecular weight excluding hydrogens is 348 g/mol. The van der Waals surface area contributed by atoms with Crippen molar-refractivity contribution in [3.8, 4) is 0 Å². The minimum absolute atomic E-state index is 0.681. The zero-order valence-corrected chi connectivity index (χ0v) is 17.4. The second-order valence-corrected chi connectivity index (χ2v) is 8.32. The van der Waals surface area contributed by atoms with E-state index in [-0.39, 0.29) is 0 Å². The smallest absolute Gasteiger partial charge is 0.229 e. The summed E-state index contributed by atoms with van der Waals surface area (Å²) in [6.45, 7) is 10.9. The molecule has 6 nitrogen and oxygen atoms in total. The molecule has 1 aromatic carbocycles. The Balaban J connectivity index is 1.43. The van der Waals surface area contributed by atoms with Crippen LogP contribution in [0.2, 0.25) is 0 Å². The zero-order valence-electron chi connectivity index (χ0n) is 17.4. The van der Waals surface area contributed by atoms with Crippen molar-refractivity contribution in [3.63, 3.8) is 0 Å². The average Bonchev–Trinajstić information content (AvgIpc) is 2.69. The predicted octanol–water partition coefficient (Wildman–Crippen LogP) is 3.52. The van der Waals surface area contributed by atoms with Crippen LogP contribution in [0.15, 0.2) is 30.3 Å². The Kier molecular flexibility index (Phi) is 5.67. The molecule has 2 aliphatic rings. The van der Waals surface area contributed by atoms with E-state index in [2.05, 4.69) is 69.3 Å². The zero-order chi connectivity index (χ0) is 19.5. The van der Waals surface area contributed by atoms with Gasteiger partial charge in [0.15, 0.2) is 0 Å². The summed E-state index contributed by atoms with van der Waals surface area (Å²) in [5.74, 6) is 2.53. The second-order valence-electron chi connectivity index (χ2n) is 8.32. The molecule has 0 spiro atoms. The minimum atomic E-state index is 0.681. The number of rotatable bonds is 4. The maximum atomic E-state index is 4.79. The molecule has 4 rings (SSSR count). The van der Waals surface area contributed by atoms with Crippen molar-refractivity contribution in [2.45, 2.75) is 26.7 Å². The van der Waals surface area contributed by atoms with E-state index < -0.39 is 0 Å². The maximum Gasteiger partial charge on any atom is 0.229 e. The molecule has 28 heavy (non-hydrogen) atoms. The Morgan fingerprint density at radius 3 is 2.25 bits per heavy atom. The van der Waals surface area contributed by atoms with E-state index in [0.29, 0.717) is 5.95 Å². The van der Waals surface area contributed by atoms with Crippen molar-refractivity contribution < 1.29 is 0 Å². The third-order valence-corrected chi connectivity index (χ3v) is 5.94. The van der Waals surface area contributed by atoms with E-state index in [9.17, 15) is 0 Å². The lowest BCUT2D eigenvalue weighted by atomic mass is 9.99. The summed E-state index contributed by atoms with van der Waals surface area (Å²) >= 11 is 0. The standard InChI is InChI=1S/C22H32N6/c1-17-8-10-28(11-9-17)21-16-18(2)23-22(25-21)24-19-4-6-20(7-5-19)27-14-12-26(3)13-15-27/h4-7,16-17H,8-15H2,1-3H3,(H,23,24,25). The minimum Gasteiger partial charge on any atom is -0.369 e. The summed E-state index contributed by atoms with van der Waals surface area (Å²) in [6, 6.07) is 10.7. The van der Waals surface area contributed by atoms with Gasteiger partial charge in [0.05, 0.1) is 0 Å². The Morgan fingerprint density at radius 1 is 0.893 bits per heavy atom. The topological polar surface area (TPSA) is 47.5 Å². The highest BCUT2D eigenvalue weighted by molar-refractivity contribution is 5.60. The van der Waals surface area contributed by atoms with Crippen molar-refractivity contribution in [2.24, 2.45) is 5.92 Å². The Bertz CT molecular complexity index is 774. The van der Waals surface area contributed by atoms with Crippen molar-refractivity contribution in [3.05, 3.63) is 36.0 Å². The highest BCUT2D eigenvalue weighted by Gasteiger charge is 2.18. The van der Waals surface area contributed by atoms with E-state index in [1.807, 2.05) is 6.92 Å². The summed E-state index contributed by atoms with van der Waals surface area (Å²) in [4.78, 5) is 16.6. The van der Waals surface area contributed by atoms with Crippen LogP contribution in [0.25, 0.3) is 0 Å². The normalized spacial score (nSPS) is 19.1. The number of nitrogens with zero attached hydrogens (tertiary/aromatic N) is 5. The number of anilines is 4. The fourth-order valence-corrected chi connectivity index (χ4v) is 3.96. The van der Waals surface area contributed by atoms with Gasteiger partial charge in [0.1, 0.15) is 5.82 Å². The van der Waals surface area contributed by atoms with Crippen LogP contribution in [0.5, 0.6) is 0 Å². The van der Waals surface area contributed by atoms with Crippen LogP contribution in [0.3, 0.4) is 0 Å². The summed E-state index contributed by atoms with van der Waals surface area (Å²) in [7, 11) is 2.19. The molecule has 0 atom stereocenters. The van der Waals surface area contributed by atoms with E-state index in [0.717, 1.165) is 62.4 Å². The Morgan fingerprint density at radius 2 is 1.57 bits per heavy atom. The van der Waals surface area contributed by atoms with E-state index >= 15 is 0 Å². The van der Waals surface area contributed by atoms with Gasteiger partial charge in [-0.2, -0.15) is 4.98 Å². The molecule has 2 aliphatic heterocycles. The first kappa shape index (κ1) is 19.0. The molecule has 150 valence electrons. The number of aryl methyl sites for hydroxylation is 1. The Labute approximate surface area is 168 Å². The predicted molar refractivity (Wildman–Crippen MR) is 117 cm³/mol. The number of nitrogens with one attached hydrogen (secondary N) is 1. The fraction of sp³-hybridized carbons (Fsp3) is 0.545. The highest BCUT2D eigenvalue weighted by atomic mass is 15.3. The van der Waals surface area contributed by atoms with Crippen LogP contribution < -0.4 is 15.1 Å². The maximum absolute atomic E-state index is 4.79.